The third kappa shape index (κ3) is 4.92. The minimum Gasteiger partial charge on any atom is -0.455 e. The fourth-order valence-corrected chi connectivity index (χ4v) is 3.67. The molecule has 1 heterocycles. The average molecular weight is 434 g/mol. The van der Waals surface area contributed by atoms with Gasteiger partial charge in [-0.15, -0.1) is 0 Å². The van der Waals surface area contributed by atoms with Gasteiger partial charge in [-0.1, -0.05) is 36.4 Å². The second-order valence-corrected chi connectivity index (χ2v) is 7.55. The van der Waals surface area contributed by atoms with Crippen LogP contribution in [0.25, 0.3) is 0 Å². The lowest BCUT2D eigenvalue weighted by atomic mass is 9.93. The topological polar surface area (TPSA) is 90.7 Å². The van der Waals surface area contributed by atoms with Crippen LogP contribution < -0.4 is 21.6 Å². The van der Waals surface area contributed by atoms with Crippen molar-refractivity contribution in [1.29, 1.82) is 0 Å². The smallest absolute Gasteiger partial charge is 0.305 e. The van der Waals surface area contributed by atoms with Crippen LogP contribution in [0.15, 0.2) is 70.2 Å². The maximum absolute atomic E-state index is 12.7. The van der Waals surface area contributed by atoms with E-state index in [1.807, 2.05) is 67.6 Å². The summed E-state index contributed by atoms with van der Waals surface area (Å²) in [5.74, 6) is 0.730. The zero-order chi connectivity index (χ0) is 21.6. The molecule has 4 rings (SSSR count). The molecule has 0 bridgehead atoms. The number of hydrazone groups is 1. The molecule has 0 saturated heterocycles. The molecule has 7 nitrogen and oxygen atoms in total. The Balaban J connectivity index is 1.46. The number of para-hydroxylation sites is 2. The van der Waals surface area contributed by atoms with Gasteiger partial charge in [0.05, 0.1) is 11.4 Å². The summed E-state index contributed by atoms with van der Waals surface area (Å²) in [6.07, 6.45) is 2.43. The maximum Gasteiger partial charge on any atom is 0.305 e. The number of nitrogens with zero attached hydrogens (tertiary/aromatic N) is 1. The van der Waals surface area contributed by atoms with Crippen molar-refractivity contribution in [2.45, 2.75) is 26.2 Å². The highest BCUT2D eigenvalue weighted by atomic mass is 32.1. The van der Waals surface area contributed by atoms with E-state index in [9.17, 15) is 4.79 Å². The van der Waals surface area contributed by atoms with Crippen LogP contribution in [0, 0.1) is 6.92 Å². The van der Waals surface area contributed by atoms with E-state index >= 15 is 0 Å². The summed E-state index contributed by atoms with van der Waals surface area (Å²) in [7, 11) is 0. The van der Waals surface area contributed by atoms with E-state index in [1.54, 1.807) is 0 Å². The molecule has 2 aromatic carbocycles. The lowest BCUT2D eigenvalue weighted by molar-refractivity contribution is 0.0932. The summed E-state index contributed by atoms with van der Waals surface area (Å²) >= 11 is 5.34. The second kappa shape index (κ2) is 9.44. The van der Waals surface area contributed by atoms with Gasteiger partial charge in [-0.2, -0.15) is 5.10 Å². The maximum atomic E-state index is 12.7. The fraction of sp³-hybridized carbons (Fsp3) is 0.174. The standard InChI is InChI=1S/C23H23N5O2S/c1-15-20-18(26-28-23(31)24-16-9-4-2-5-10-16)13-8-14-19(20)30-21(15)22(29)27-25-17-11-6-3-7-12-17/h2-7,9-12,25H,8,13-14H2,1H3,(H,27,29)(H2,24,28,31)/b26-18+. The van der Waals surface area contributed by atoms with Crippen molar-refractivity contribution in [3.05, 3.63) is 83.3 Å². The highest BCUT2D eigenvalue weighted by Crippen LogP contribution is 2.29. The van der Waals surface area contributed by atoms with E-state index in [0.717, 1.165) is 53.2 Å². The van der Waals surface area contributed by atoms with Crippen LogP contribution in [0.1, 0.15) is 40.3 Å². The number of fused-ring (bicyclic) bond motifs is 1. The van der Waals surface area contributed by atoms with Crippen molar-refractivity contribution in [1.82, 2.24) is 10.9 Å². The Morgan fingerprint density at radius 2 is 1.68 bits per heavy atom. The molecule has 3 aromatic rings. The van der Waals surface area contributed by atoms with Crippen LogP contribution in [-0.4, -0.2) is 16.7 Å². The Labute approximate surface area is 185 Å². The van der Waals surface area contributed by atoms with E-state index < -0.39 is 0 Å². The first-order valence-corrected chi connectivity index (χ1v) is 10.5. The Hall–Kier alpha value is -3.65. The molecule has 0 spiro atoms. The number of furan rings is 1. The lowest BCUT2D eigenvalue weighted by Crippen LogP contribution is -2.29. The summed E-state index contributed by atoms with van der Waals surface area (Å²) in [6, 6.07) is 19.1. The van der Waals surface area contributed by atoms with Gasteiger partial charge in [0.15, 0.2) is 10.9 Å². The largest absolute Gasteiger partial charge is 0.455 e. The molecule has 0 fully saturated rings. The molecule has 1 amide bonds. The van der Waals surface area contributed by atoms with Crippen LogP contribution in [0.3, 0.4) is 0 Å². The van der Waals surface area contributed by atoms with E-state index in [0.29, 0.717) is 5.11 Å². The SMILES string of the molecule is Cc1c(C(=O)NNc2ccccc2)oc2c1/C(=N/NC(=S)Nc1ccccc1)CCC2. The van der Waals surface area contributed by atoms with Gasteiger partial charge in [0.1, 0.15) is 5.76 Å². The molecule has 0 unspecified atom stereocenters. The van der Waals surface area contributed by atoms with Crippen LogP contribution >= 0.6 is 12.2 Å². The Bertz CT molecular complexity index is 1110. The Morgan fingerprint density at radius 3 is 2.39 bits per heavy atom. The highest BCUT2D eigenvalue weighted by Gasteiger charge is 2.28. The van der Waals surface area contributed by atoms with Gasteiger partial charge in [-0.3, -0.25) is 21.1 Å². The predicted molar refractivity (Wildman–Crippen MR) is 126 cm³/mol. The van der Waals surface area contributed by atoms with Gasteiger partial charge in [-0.05, 0) is 56.2 Å². The van der Waals surface area contributed by atoms with Crippen molar-refractivity contribution in [2.24, 2.45) is 5.10 Å². The van der Waals surface area contributed by atoms with E-state index in [-0.39, 0.29) is 11.7 Å². The number of amides is 1. The molecule has 1 aliphatic rings. The number of hydrogen-bond donors (Lipinski definition) is 4. The summed E-state index contributed by atoms with van der Waals surface area (Å²) in [6.45, 7) is 1.88. The van der Waals surface area contributed by atoms with Crippen molar-refractivity contribution in [3.8, 4) is 0 Å². The van der Waals surface area contributed by atoms with Crippen molar-refractivity contribution >= 4 is 40.3 Å². The first-order valence-electron chi connectivity index (χ1n) is 10.0. The van der Waals surface area contributed by atoms with E-state index in [1.165, 1.54) is 0 Å². The molecule has 1 aromatic heterocycles. The third-order valence-corrected chi connectivity index (χ3v) is 5.14. The summed E-state index contributed by atoms with van der Waals surface area (Å²) in [4.78, 5) is 12.7. The van der Waals surface area contributed by atoms with Gasteiger partial charge < -0.3 is 9.73 Å². The molecular weight excluding hydrogens is 410 g/mol. The van der Waals surface area contributed by atoms with Gasteiger partial charge in [0.2, 0.25) is 0 Å². The minimum absolute atomic E-state index is 0.285. The molecule has 8 heteroatoms. The molecule has 158 valence electrons. The molecule has 0 radical (unpaired) electrons. The van der Waals surface area contributed by atoms with Crippen molar-refractivity contribution < 1.29 is 9.21 Å². The minimum atomic E-state index is -0.329. The molecule has 4 N–H and O–H groups in total. The van der Waals surface area contributed by atoms with Gasteiger partial charge in [0, 0.05) is 23.2 Å². The van der Waals surface area contributed by atoms with Crippen LogP contribution in [0.2, 0.25) is 0 Å². The highest BCUT2D eigenvalue weighted by molar-refractivity contribution is 7.80. The van der Waals surface area contributed by atoms with Crippen LogP contribution in [-0.2, 0) is 6.42 Å². The number of anilines is 2. The normalized spacial score (nSPS) is 13.9. The Kier molecular flexibility index (Phi) is 6.28. The molecular formula is C23H23N5O2S. The number of thiocarbonyl (C=S) groups is 1. The molecule has 31 heavy (non-hydrogen) atoms. The number of rotatable bonds is 5. The monoisotopic (exact) mass is 433 g/mol. The second-order valence-electron chi connectivity index (χ2n) is 7.14. The number of carbonyl (C=O) groups excluding carboxylic acids is 1. The van der Waals surface area contributed by atoms with Gasteiger partial charge in [-0.25, -0.2) is 0 Å². The third-order valence-electron chi connectivity index (χ3n) is 4.95. The number of benzene rings is 2. The molecule has 0 saturated carbocycles. The predicted octanol–water partition coefficient (Wildman–Crippen LogP) is 4.37. The lowest BCUT2D eigenvalue weighted by Gasteiger charge is -2.14. The summed E-state index contributed by atoms with van der Waals surface area (Å²) in [5.41, 5.74) is 12.6. The van der Waals surface area contributed by atoms with E-state index in [2.05, 4.69) is 26.7 Å². The zero-order valence-electron chi connectivity index (χ0n) is 17.1. The van der Waals surface area contributed by atoms with Gasteiger partial charge in [0.25, 0.3) is 0 Å². The van der Waals surface area contributed by atoms with Crippen LogP contribution in [0.4, 0.5) is 11.4 Å². The quantitative estimate of drug-likeness (QED) is 0.353. The number of hydrazine groups is 1. The van der Waals surface area contributed by atoms with Crippen molar-refractivity contribution in [2.75, 3.05) is 10.7 Å². The van der Waals surface area contributed by atoms with Crippen LogP contribution in [0.5, 0.6) is 0 Å². The van der Waals surface area contributed by atoms with Crippen molar-refractivity contribution in [3.63, 3.8) is 0 Å². The summed E-state index contributed by atoms with van der Waals surface area (Å²) in [5, 5.41) is 8.00. The number of hydrogen-bond acceptors (Lipinski definition) is 5. The fourth-order valence-electron chi connectivity index (χ4n) is 3.50. The molecule has 1 aliphatic carbocycles. The Morgan fingerprint density at radius 1 is 1.00 bits per heavy atom. The first-order chi connectivity index (χ1) is 15.1. The van der Waals surface area contributed by atoms with Gasteiger partial charge >= 0.3 is 5.91 Å². The average Bonchev–Trinajstić information content (AvgIpc) is 3.14. The number of aryl methyl sites for hydroxylation is 1. The molecule has 0 atom stereocenters. The number of carbonyl (C=O) groups is 1. The summed E-state index contributed by atoms with van der Waals surface area (Å²) < 4.78 is 5.91. The number of nitrogens with one attached hydrogen (secondary N) is 4. The zero-order valence-corrected chi connectivity index (χ0v) is 17.9. The first kappa shape index (κ1) is 20.6. The van der Waals surface area contributed by atoms with E-state index in [4.69, 9.17) is 16.6 Å². The molecule has 0 aliphatic heterocycles.